The summed E-state index contributed by atoms with van der Waals surface area (Å²) in [6, 6.07) is 11.5. The fourth-order valence-corrected chi connectivity index (χ4v) is 7.21. The third-order valence-corrected chi connectivity index (χ3v) is 10.2. The van der Waals surface area contributed by atoms with E-state index in [0.29, 0.717) is 30.4 Å². The summed E-state index contributed by atoms with van der Waals surface area (Å²) in [5, 5.41) is 30.0. The van der Waals surface area contributed by atoms with E-state index < -0.39 is 50.4 Å². The van der Waals surface area contributed by atoms with Crippen molar-refractivity contribution in [1.29, 1.82) is 0 Å². The van der Waals surface area contributed by atoms with Crippen LogP contribution in [0.1, 0.15) is 46.8 Å². The number of esters is 1. The maximum Gasteiger partial charge on any atom is 0.459 e. The van der Waals surface area contributed by atoms with Gasteiger partial charge in [-0.3, -0.25) is 13.9 Å². The molecular formula is C36H47N6O9P. The molecule has 6 atom stereocenters. The molecule has 0 spiro atoms. The zero-order chi connectivity index (χ0) is 37.7. The number of nitrogens with zero attached hydrogens (tertiary/aromatic N) is 4. The normalized spacial score (nSPS) is 22.1. The molecule has 0 saturated carbocycles. The van der Waals surface area contributed by atoms with Crippen molar-refractivity contribution in [3.05, 3.63) is 74.1 Å². The Morgan fingerprint density at radius 1 is 1.19 bits per heavy atom. The molecule has 1 aliphatic heterocycles. The Morgan fingerprint density at radius 3 is 2.67 bits per heavy atom. The average molecular weight is 739 g/mol. The van der Waals surface area contributed by atoms with E-state index in [2.05, 4.69) is 38.5 Å². The van der Waals surface area contributed by atoms with Gasteiger partial charge in [-0.1, -0.05) is 62.4 Å². The van der Waals surface area contributed by atoms with Crippen molar-refractivity contribution in [3.8, 4) is 11.6 Å². The molecule has 0 radical (unpaired) electrons. The number of ether oxygens (including phenoxy) is 3. The smallest absolute Gasteiger partial charge is 0.459 e. The SMILES string of the molecule is C=CCCOc1nc(NC)nc2c1ncn2C1OC(COP(=O)(N[C@@H](C)C(=O)OCC(C)(C)CC=C)Oc2cccc3ccccc23)[C@@H](O)[C@@]1(C)O. The van der Waals surface area contributed by atoms with Gasteiger partial charge in [-0.05, 0) is 38.1 Å². The summed E-state index contributed by atoms with van der Waals surface area (Å²) >= 11 is 0. The van der Waals surface area contributed by atoms with Crippen LogP contribution in [0.3, 0.4) is 0 Å². The van der Waals surface area contributed by atoms with E-state index in [1.54, 1.807) is 37.4 Å². The van der Waals surface area contributed by atoms with Crippen LogP contribution in [0.2, 0.25) is 0 Å². The highest BCUT2D eigenvalue weighted by Crippen LogP contribution is 2.48. The van der Waals surface area contributed by atoms with Gasteiger partial charge < -0.3 is 34.3 Å². The number of anilines is 1. The molecule has 2 aromatic carbocycles. The summed E-state index contributed by atoms with van der Waals surface area (Å²) in [6.07, 6.45) is 2.07. The number of fused-ring (bicyclic) bond motifs is 2. The fourth-order valence-electron chi connectivity index (χ4n) is 5.69. The predicted octanol–water partition coefficient (Wildman–Crippen LogP) is 5.31. The minimum Gasteiger partial charge on any atom is -0.476 e. The Balaban J connectivity index is 1.39. The molecule has 52 heavy (non-hydrogen) atoms. The number of allylic oxidation sites excluding steroid dienone is 1. The number of hydrogen-bond acceptors (Lipinski definition) is 13. The molecule has 0 bridgehead atoms. The number of nitrogens with one attached hydrogen (secondary N) is 2. The quantitative estimate of drug-likeness (QED) is 0.0445. The van der Waals surface area contributed by atoms with E-state index in [-0.39, 0.29) is 35.2 Å². The lowest BCUT2D eigenvalue weighted by Gasteiger charge is -2.27. The van der Waals surface area contributed by atoms with Gasteiger partial charge in [0.1, 0.15) is 29.6 Å². The van der Waals surface area contributed by atoms with E-state index in [1.165, 1.54) is 24.7 Å². The van der Waals surface area contributed by atoms with Crippen LogP contribution in [0.4, 0.5) is 5.95 Å². The molecule has 2 aromatic heterocycles. The average Bonchev–Trinajstić information content (AvgIpc) is 3.63. The van der Waals surface area contributed by atoms with Crippen molar-refractivity contribution in [2.45, 2.75) is 70.6 Å². The third kappa shape index (κ3) is 8.63. The molecule has 1 fully saturated rings. The van der Waals surface area contributed by atoms with Crippen molar-refractivity contribution in [3.63, 3.8) is 0 Å². The first-order valence-corrected chi connectivity index (χ1v) is 18.5. The molecule has 4 N–H and O–H groups in total. The number of aliphatic hydroxyl groups excluding tert-OH is 1. The molecule has 0 aliphatic carbocycles. The van der Waals surface area contributed by atoms with E-state index in [4.69, 9.17) is 23.3 Å². The van der Waals surface area contributed by atoms with Gasteiger partial charge in [0.15, 0.2) is 17.4 Å². The van der Waals surface area contributed by atoms with E-state index in [1.807, 2.05) is 38.1 Å². The number of rotatable bonds is 18. The zero-order valence-electron chi connectivity index (χ0n) is 30.0. The first kappa shape index (κ1) is 38.9. The van der Waals surface area contributed by atoms with E-state index in [9.17, 15) is 19.6 Å². The van der Waals surface area contributed by atoms with Crippen LogP contribution in [0.15, 0.2) is 74.1 Å². The lowest BCUT2D eigenvalue weighted by Crippen LogP contribution is -2.44. The molecule has 16 heteroatoms. The van der Waals surface area contributed by atoms with Crippen molar-refractivity contribution in [2.75, 3.05) is 32.2 Å². The van der Waals surface area contributed by atoms with Crippen molar-refractivity contribution in [1.82, 2.24) is 24.6 Å². The Bertz CT molecular complexity index is 1940. The van der Waals surface area contributed by atoms with Gasteiger partial charge in [-0.2, -0.15) is 15.1 Å². The molecule has 1 saturated heterocycles. The number of aliphatic hydroxyl groups is 2. The second-order valence-electron chi connectivity index (χ2n) is 13.5. The largest absolute Gasteiger partial charge is 0.476 e. The van der Waals surface area contributed by atoms with Crippen LogP contribution in [0.5, 0.6) is 11.6 Å². The number of imidazole rings is 1. The van der Waals surface area contributed by atoms with E-state index in [0.717, 1.165) is 5.39 Å². The topological polar surface area (TPSA) is 188 Å². The van der Waals surface area contributed by atoms with Crippen LogP contribution >= 0.6 is 7.75 Å². The highest BCUT2D eigenvalue weighted by molar-refractivity contribution is 7.52. The van der Waals surface area contributed by atoms with Gasteiger partial charge in [-0.25, -0.2) is 9.55 Å². The van der Waals surface area contributed by atoms with Gasteiger partial charge in [0.05, 0.1) is 26.1 Å². The molecule has 0 amide bonds. The summed E-state index contributed by atoms with van der Waals surface area (Å²) in [5.41, 5.74) is -1.69. The van der Waals surface area contributed by atoms with Crippen molar-refractivity contribution in [2.24, 2.45) is 5.41 Å². The fraction of sp³-hybridized carbons (Fsp3) is 0.444. The van der Waals surface area contributed by atoms with Crippen LogP contribution < -0.4 is 19.7 Å². The van der Waals surface area contributed by atoms with Gasteiger partial charge in [0, 0.05) is 17.8 Å². The molecule has 280 valence electrons. The maximum absolute atomic E-state index is 14.5. The summed E-state index contributed by atoms with van der Waals surface area (Å²) in [7, 11) is -2.77. The lowest BCUT2D eigenvalue weighted by molar-refractivity contribution is -0.148. The Labute approximate surface area is 302 Å². The molecule has 15 nitrogen and oxygen atoms in total. The molecule has 3 unspecified atom stereocenters. The van der Waals surface area contributed by atoms with Crippen LogP contribution in [0.25, 0.3) is 21.9 Å². The standard InChI is InChI=1S/C36H47N6O9P/c1-8-10-19-47-31-28-30(39-34(37-7)40-31)42(22-38-28)33-36(6,45)29(43)27(50-33)20-49-52(46,41-23(3)32(44)48-21-35(4,5)18-9-2)51-26-17-13-15-24-14-11-12-16-25(24)26/h8-9,11-17,22-23,27,29,33,43,45H,1-2,10,18-21H2,3-7H3,(H,41,46)(H,37,39,40)/t23-,27?,29+,33?,36+,52?/m0/s1. The number of carbonyl (C=O) groups is 1. The third-order valence-electron chi connectivity index (χ3n) is 8.57. The summed E-state index contributed by atoms with van der Waals surface area (Å²) in [5.74, 6) is -0.00115. The molecular weight excluding hydrogens is 691 g/mol. The van der Waals surface area contributed by atoms with E-state index >= 15 is 0 Å². The maximum atomic E-state index is 14.5. The summed E-state index contributed by atoms with van der Waals surface area (Å²) in [6.45, 7) is 14.1. The lowest BCUT2D eigenvalue weighted by atomic mass is 9.91. The molecule has 3 heterocycles. The Hall–Kier alpha value is -4.37. The van der Waals surface area contributed by atoms with Gasteiger partial charge >= 0.3 is 13.7 Å². The van der Waals surface area contributed by atoms with Gasteiger partial charge in [-0.15, -0.1) is 13.2 Å². The van der Waals surface area contributed by atoms with Crippen LogP contribution in [0, 0.1) is 5.41 Å². The molecule has 1 aliphatic rings. The minimum atomic E-state index is -4.41. The second-order valence-corrected chi connectivity index (χ2v) is 15.2. The number of carbonyl (C=O) groups excluding carboxylic acids is 1. The summed E-state index contributed by atoms with van der Waals surface area (Å²) in [4.78, 5) is 26.4. The van der Waals surface area contributed by atoms with Gasteiger partial charge in [0.2, 0.25) is 11.8 Å². The van der Waals surface area contributed by atoms with Crippen LogP contribution in [-0.2, 0) is 23.4 Å². The predicted molar refractivity (Wildman–Crippen MR) is 196 cm³/mol. The number of hydrogen-bond donors (Lipinski definition) is 4. The molecule has 5 rings (SSSR count). The first-order chi connectivity index (χ1) is 24.7. The van der Waals surface area contributed by atoms with Crippen molar-refractivity contribution < 1.29 is 42.8 Å². The highest BCUT2D eigenvalue weighted by atomic mass is 31.2. The monoisotopic (exact) mass is 738 g/mol. The highest BCUT2D eigenvalue weighted by Gasteiger charge is 2.54. The second kappa shape index (κ2) is 16.1. The Morgan fingerprint density at radius 2 is 1.94 bits per heavy atom. The van der Waals surface area contributed by atoms with Crippen LogP contribution in [-0.4, -0.2) is 86.4 Å². The van der Waals surface area contributed by atoms with Crippen molar-refractivity contribution >= 4 is 41.6 Å². The number of aromatic nitrogens is 4. The number of benzene rings is 2. The Kier molecular flexibility index (Phi) is 12.0. The first-order valence-electron chi connectivity index (χ1n) is 16.9. The minimum absolute atomic E-state index is 0.101. The van der Waals surface area contributed by atoms with Gasteiger partial charge in [0.25, 0.3) is 0 Å². The summed E-state index contributed by atoms with van der Waals surface area (Å²) < 4.78 is 45.5. The zero-order valence-corrected chi connectivity index (χ0v) is 30.9. The molecule has 4 aromatic rings.